The summed E-state index contributed by atoms with van der Waals surface area (Å²) in [6.45, 7) is 6.54. The van der Waals surface area contributed by atoms with Gasteiger partial charge in [-0.3, -0.25) is 9.69 Å². The van der Waals surface area contributed by atoms with Crippen LogP contribution >= 0.6 is 15.9 Å². The van der Waals surface area contributed by atoms with Crippen LogP contribution in [0.3, 0.4) is 0 Å². The van der Waals surface area contributed by atoms with Crippen LogP contribution in [-0.4, -0.2) is 29.9 Å². The van der Waals surface area contributed by atoms with Crippen molar-refractivity contribution in [2.75, 3.05) is 18.0 Å². The van der Waals surface area contributed by atoms with Gasteiger partial charge in [0.2, 0.25) is 5.91 Å². The minimum atomic E-state index is -0.104. The molecule has 0 saturated carbocycles. The summed E-state index contributed by atoms with van der Waals surface area (Å²) in [6.07, 6.45) is 0. The quantitative estimate of drug-likeness (QED) is 0.812. The van der Waals surface area contributed by atoms with E-state index in [-0.39, 0.29) is 11.9 Å². The number of hydrogen-bond acceptors (Lipinski definition) is 2. The highest BCUT2D eigenvalue weighted by atomic mass is 79.9. The number of benzene rings is 2. The van der Waals surface area contributed by atoms with E-state index >= 15 is 0 Å². The molecule has 1 heterocycles. The number of anilines is 1. The summed E-state index contributed by atoms with van der Waals surface area (Å²) >= 11 is 3.44. The molecule has 1 fully saturated rings. The van der Waals surface area contributed by atoms with Gasteiger partial charge in [0.15, 0.2) is 0 Å². The molecule has 2 aromatic carbocycles. The number of rotatable bonds is 3. The van der Waals surface area contributed by atoms with Gasteiger partial charge in [-0.1, -0.05) is 45.8 Å². The van der Waals surface area contributed by atoms with E-state index in [1.54, 1.807) is 0 Å². The average Bonchev–Trinajstić information content (AvgIpc) is 2.53. The third kappa shape index (κ3) is 3.65. The zero-order valence-corrected chi connectivity index (χ0v) is 15.1. The third-order valence-corrected chi connectivity index (χ3v) is 4.92. The van der Waals surface area contributed by atoms with Crippen molar-refractivity contribution in [3.63, 3.8) is 0 Å². The van der Waals surface area contributed by atoms with Crippen LogP contribution in [0.15, 0.2) is 53.0 Å². The first-order valence-electron chi connectivity index (χ1n) is 7.91. The number of nitrogens with zero attached hydrogens (tertiary/aromatic N) is 2. The van der Waals surface area contributed by atoms with Crippen molar-refractivity contribution >= 4 is 27.5 Å². The second-order valence-electron chi connectivity index (χ2n) is 6.10. The molecule has 0 N–H and O–H groups in total. The number of amides is 1. The van der Waals surface area contributed by atoms with Crippen molar-refractivity contribution in [3.8, 4) is 0 Å². The van der Waals surface area contributed by atoms with Crippen LogP contribution in [0.25, 0.3) is 0 Å². The third-order valence-electron chi connectivity index (χ3n) is 4.39. The van der Waals surface area contributed by atoms with Gasteiger partial charge in [-0.2, -0.15) is 0 Å². The van der Waals surface area contributed by atoms with Crippen LogP contribution in [0, 0.1) is 6.92 Å². The Morgan fingerprint density at radius 2 is 1.87 bits per heavy atom. The molecule has 1 aliphatic heterocycles. The second-order valence-corrected chi connectivity index (χ2v) is 7.02. The molecule has 1 unspecified atom stereocenters. The number of carbonyl (C=O) groups is 1. The lowest BCUT2D eigenvalue weighted by Gasteiger charge is -2.39. The summed E-state index contributed by atoms with van der Waals surface area (Å²) in [5.41, 5.74) is 3.50. The molecule has 1 amide bonds. The van der Waals surface area contributed by atoms with E-state index in [4.69, 9.17) is 0 Å². The first kappa shape index (κ1) is 16.2. The molecular formula is C19H21BrN2O. The summed E-state index contributed by atoms with van der Waals surface area (Å²) in [7, 11) is 0. The molecule has 1 aliphatic rings. The number of halogens is 1. The van der Waals surface area contributed by atoms with Crippen LogP contribution in [0.1, 0.15) is 18.1 Å². The van der Waals surface area contributed by atoms with Gasteiger partial charge in [0.05, 0.1) is 6.04 Å². The minimum absolute atomic E-state index is 0.104. The fraction of sp³-hybridized carbons (Fsp3) is 0.316. The molecule has 3 rings (SSSR count). The van der Waals surface area contributed by atoms with Crippen molar-refractivity contribution in [3.05, 3.63) is 64.1 Å². The predicted molar refractivity (Wildman–Crippen MR) is 97.5 cm³/mol. The Morgan fingerprint density at radius 3 is 2.57 bits per heavy atom. The van der Waals surface area contributed by atoms with E-state index in [0.29, 0.717) is 0 Å². The van der Waals surface area contributed by atoms with Crippen molar-refractivity contribution < 1.29 is 4.79 Å². The van der Waals surface area contributed by atoms with E-state index in [1.807, 2.05) is 36.1 Å². The smallest absolute Gasteiger partial charge is 0.244 e. The Balaban J connectivity index is 1.72. The molecular weight excluding hydrogens is 352 g/mol. The monoisotopic (exact) mass is 372 g/mol. The Bertz CT molecular complexity index is 699. The van der Waals surface area contributed by atoms with Gasteiger partial charge in [-0.15, -0.1) is 0 Å². The first-order valence-corrected chi connectivity index (χ1v) is 8.70. The Hall–Kier alpha value is -1.65. The second kappa shape index (κ2) is 6.85. The van der Waals surface area contributed by atoms with Crippen molar-refractivity contribution in [1.82, 2.24) is 4.90 Å². The SMILES string of the molecule is Cc1cccc(CN2CCN(c3ccc(Br)cc3)C(=O)C2C)c1. The zero-order valence-electron chi connectivity index (χ0n) is 13.5. The van der Waals surface area contributed by atoms with E-state index in [1.165, 1.54) is 11.1 Å². The maximum absolute atomic E-state index is 12.8. The number of hydrogen-bond donors (Lipinski definition) is 0. The van der Waals surface area contributed by atoms with Gasteiger partial charge in [-0.25, -0.2) is 0 Å². The summed E-state index contributed by atoms with van der Waals surface area (Å²) in [6, 6.07) is 16.3. The maximum atomic E-state index is 12.8. The summed E-state index contributed by atoms with van der Waals surface area (Å²) in [5.74, 6) is 0.172. The summed E-state index contributed by atoms with van der Waals surface area (Å²) in [5, 5.41) is 0. The lowest BCUT2D eigenvalue weighted by molar-refractivity contribution is -0.125. The van der Waals surface area contributed by atoms with Crippen molar-refractivity contribution in [2.24, 2.45) is 0 Å². The topological polar surface area (TPSA) is 23.6 Å². The standard InChI is InChI=1S/C19H21BrN2O/c1-14-4-3-5-16(12-14)13-21-10-11-22(19(23)15(21)2)18-8-6-17(20)7-9-18/h3-9,12,15H,10-11,13H2,1-2H3. The molecule has 0 spiro atoms. The summed E-state index contributed by atoms with van der Waals surface area (Å²) in [4.78, 5) is 16.9. The molecule has 2 aromatic rings. The van der Waals surface area contributed by atoms with E-state index in [2.05, 4.69) is 52.0 Å². The Labute approximate surface area is 146 Å². The van der Waals surface area contributed by atoms with Gasteiger partial charge < -0.3 is 4.90 Å². The van der Waals surface area contributed by atoms with Gasteiger partial charge in [0.25, 0.3) is 0 Å². The highest BCUT2D eigenvalue weighted by Gasteiger charge is 2.32. The molecule has 0 bridgehead atoms. The Kier molecular flexibility index (Phi) is 4.83. The fourth-order valence-corrected chi connectivity index (χ4v) is 3.32. The lowest BCUT2D eigenvalue weighted by Crippen LogP contribution is -2.55. The molecule has 1 saturated heterocycles. The molecule has 23 heavy (non-hydrogen) atoms. The van der Waals surface area contributed by atoms with Crippen molar-refractivity contribution in [2.45, 2.75) is 26.4 Å². The average molecular weight is 373 g/mol. The van der Waals surface area contributed by atoms with Gasteiger partial charge >= 0.3 is 0 Å². The minimum Gasteiger partial charge on any atom is -0.310 e. The summed E-state index contributed by atoms with van der Waals surface area (Å²) < 4.78 is 1.03. The molecule has 4 heteroatoms. The highest BCUT2D eigenvalue weighted by Crippen LogP contribution is 2.23. The van der Waals surface area contributed by atoms with Crippen LogP contribution in [-0.2, 0) is 11.3 Å². The molecule has 0 radical (unpaired) electrons. The van der Waals surface area contributed by atoms with Crippen LogP contribution in [0.5, 0.6) is 0 Å². The molecule has 1 atom stereocenters. The molecule has 120 valence electrons. The van der Waals surface area contributed by atoms with Gasteiger partial charge in [0, 0.05) is 29.8 Å². The van der Waals surface area contributed by atoms with Crippen LogP contribution in [0.4, 0.5) is 5.69 Å². The van der Waals surface area contributed by atoms with Crippen LogP contribution < -0.4 is 4.90 Å². The largest absolute Gasteiger partial charge is 0.310 e. The zero-order chi connectivity index (χ0) is 16.4. The van der Waals surface area contributed by atoms with E-state index in [0.717, 1.165) is 29.8 Å². The molecule has 0 aliphatic carbocycles. The molecule has 0 aromatic heterocycles. The first-order chi connectivity index (χ1) is 11.0. The van der Waals surface area contributed by atoms with E-state index < -0.39 is 0 Å². The number of piperazine rings is 1. The Morgan fingerprint density at radius 1 is 1.13 bits per heavy atom. The lowest BCUT2D eigenvalue weighted by atomic mass is 10.1. The van der Waals surface area contributed by atoms with Crippen LogP contribution in [0.2, 0.25) is 0 Å². The highest BCUT2D eigenvalue weighted by molar-refractivity contribution is 9.10. The number of carbonyl (C=O) groups excluding carboxylic acids is 1. The van der Waals surface area contributed by atoms with Gasteiger partial charge in [-0.05, 0) is 43.7 Å². The molecule has 3 nitrogen and oxygen atoms in total. The normalized spacial score (nSPS) is 19.2. The predicted octanol–water partition coefficient (Wildman–Crippen LogP) is 3.99. The van der Waals surface area contributed by atoms with Crippen molar-refractivity contribution in [1.29, 1.82) is 0 Å². The van der Waals surface area contributed by atoms with Gasteiger partial charge in [0.1, 0.15) is 0 Å². The number of aryl methyl sites for hydroxylation is 1. The fourth-order valence-electron chi connectivity index (χ4n) is 3.05. The van der Waals surface area contributed by atoms with E-state index in [9.17, 15) is 4.79 Å². The maximum Gasteiger partial charge on any atom is 0.244 e.